The summed E-state index contributed by atoms with van der Waals surface area (Å²) < 4.78 is 28.4. The number of aliphatic hydroxyl groups is 1. The second-order valence-corrected chi connectivity index (χ2v) is 7.25. The highest BCUT2D eigenvalue weighted by molar-refractivity contribution is 7.47. The van der Waals surface area contributed by atoms with Gasteiger partial charge in [0.15, 0.2) is 0 Å². The molecule has 0 spiro atoms. The molecular weight excluding hydrogens is 369 g/mol. The summed E-state index contributed by atoms with van der Waals surface area (Å²) in [6.07, 6.45) is 2.34. The van der Waals surface area contributed by atoms with Crippen molar-refractivity contribution in [2.75, 3.05) is 19.8 Å². The molecule has 1 aliphatic heterocycles. The van der Waals surface area contributed by atoms with Crippen LogP contribution in [0.25, 0.3) is 0 Å². The molecule has 0 amide bonds. The standard InChI is InChI=1S/C14H23N2O8P.H3N/c1-10-8-16(14(19)15-13(10)18)12-5-4-11(24-12)9-23-25(20,21)22-7-3-2-6-17;/h8,11-12,17H,2-7,9H2,1H3,(H,20,21)(H,15,18,19);1H3/t11-,12-;/m1./s1. The zero-order valence-corrected chi connectivity index (χ0v) is 15.5. The zero-order chi connectivity index (χ0) is 18.4. The first-order valence-corrected chi connectivity index (χ1v) is 9.52. The number of aliphatic hydroxyl groups excluding tert-OH is 1. The largest absolute Gasteiger partial charge is 0.472 e. The number of aromatic nitrogens is 2. The Labute approximate surface area is 150 Å². The van der Waals surface area contributed by atoms with Gasteiger partial charge < -0.3 is 20.9 Å². The van der Waals surface area contributed by atoms with E-state index in [1.807, 2.05) is 0 Å². The zero-order valence-electron chi connectivity index (χ0n) is 14.6. The summed E-state index contributed by atoms with van der Waals surface area (Å²) in [6, 6.07) is 0. The number of hydrogen-bond acceptors (Lipinski definition) is 8. The van der Waals surface area contributed by atoms with Crippen molar-refractivity contribution >= 4 is 7.82 Å². The number of nitrogens with zero attached hydrogens (tertiary/aromatic N) is 1. The minimum atomic E-state index is -4.18. The first kappa shape index (κ1) is 22.7. The Hall–Kier alpha value is -1.33. The third-order valence-electron chi connectivity index (χ3n) is 3.77. The van der Waals surface area contributed by atoms with E-state index >= 15 is 0 Å². The van der Waals surface area contributed by atoms with E-state index in [4.69, 9.17) is 18.9 Å². The number of aryl methyl sites for hydroxylation is 1. The van der Waals surface area contributed by atoms with Crippen molar-refractivity contribution in [3.05, 3.63) is 32.6 Å². The maximum absolute atomic E-state index is 11.8. The van der Waals surface area contributed by atoms with Gasteiger partial charge in [-0.05, 0) is 32.6 Å². The van der Waals surface area contributed by atoms with Gasteiger partial charge in [-0.15, -0.1) is 0 Å². The summed E-state index contributed by atoms with van der Waals surface area (Å²) in [5, 5.41) is 8.63. The maximum Gasteiger partial charge on any atom is 0.472 e. The molecule has 0 bridgehead atoms. The van der Waals surface area contributed by atoms with E-state index in [1.165, 1.54) is 10.8 Å². The molecule has 1 aromatic rings. The Morgan fingerprint density at radius 3 is 2.77 bits per heavy atom. The summed E-state index contributed by atoms with van der Waals surface area (Å²) >= 11 is 0. The van der Waals surface area contributed by atoms with Crippen LogP contribution >= 0.6 is 7.82 Å². The lowest BCUT2D eigenvalue weighted by Crippen LogP contribution is -2.33. The minimum absolute atomic E-state index is 0. The second kappa shape index (κ2) is 10.1. The number of unbranched alkanes of at least 4 members (excludes halogenated alkanes) is 1. The summed E-state index contributed by atoms with van der Waals surface area (Å²) in [5.74, 6) is 0. The number of H-pyrrole nitrogens is 1. The molecule has 1 unspecified atom stereocenters. The van der Waals surface area contributed by atoms with Gasteiger partial charge in [-0.2, -0.15) is 0 Å². The Bertz CT molecular complexity index is 734. The van der Waals surface area contributed by atoms with E-state index in [9.17, 15) is 19.0 Å². The van der Waals surface area contributed by atoms with Crippen LogP contribution in [0.2, 0.25) is 0 Å². The molecule has 2 rings (SSSR count). The molecule has 1 aliphatic rings. The first-order valence-electron chi connectivity index (χ1n) is 8.02. The fourth-order valence-corrected chi connectivity index (χ4v) is 3.21. The van der Waals surface area contributed by atoms with Gasteiger partial charge in [0.05, 0.1) is 19.3 Å². The van der Waals surface area contributed by atoms with Crippen LogP contribution in [-0.4, -0.2) is 45.5 Å². The Balaban J connectivity index is 0.00000338. The number of phosphoric ester groups is 1. The number of phosphoric acid groups is 1. The molecular formula is C14H26N3O8P. The van der Waals surface area contributed by atoms with E-state index in [2.05, 4.69) is 4.98 Å². The summed E-state index contributed by atoms with van der Waals surface area (Å²) in [7, 11) is -4.18. The van der Waals surface area contributed by atoms with Gasteiger partial charge in [-0.3, -0.25) is 23.4 Å². The highest BCUT2D eigenvalue weighted by atomic mass is 31.2. The van der Waals surface area contributed by atoms with Crippen molar-refractivity contribution in [3.8, 4) is 0 Å². The van der Waals surface area contributed by atoms with Crippen molar-refractivity contribution in [2.24, 2.45) is 0 Å². The number of hydrogen-bond donors (Lipinski definition) is 4. The van der Waals surface area contributed by atoms with Crippen molar-refractivity contribution in [3.63, 3.8) is 0 Å². The van der Waals surface area contributed by atoms with Crippen molar-refractivity contribution < 1.29 is 28.3 Å². The van der Waals surface area contributed by atoms with Crippen LogP contribution in [0.5, 0.6) is 0 Å². The van der Waals surface area contributed by atoms with Gasteiger partial charge in [0.25, 0.3) is 5.56 Å². The molecule has 0 saturated carbocycles. The number of nitrogens with one attached hydrogen (secondary N) is 1. The molecule has 0 aromatic carbocycles. The molecule has 11 nitrogen and oxygen atoms in total. The molecule has 1 fully saturated rings. The summed E-state index contributed by atoms with van der Waals surface area (Å²) in [4.78, 5) is 35.0. The third kappa shape index (κ3) is 6.44. The van der Waals surface area contributed by atoms with Gasteiger partial charge in [0, 0.05) is 18.4 Å². The Morgan fingerprint density at radius 2 is 2.08 bits per heavy atom. The average molecular weight is 395 g/mol. The van der Waals surface area contributed by atoms with E-state index in [1.54, 1.807) is 6.92 Å². The lowest BCUT2D eigenvalue weighted by molar-refractivity contribution is -0.0261. The number of rotatable bonds is 9. The van der Waals surface area contributed by atoms with Crippen LogP contribution in [0.4, 0.5) is 0 Å². The Morgan fingerprint density at radius 1 is 1.35 bits per heavy atom. The molecule has 6 N–H and O–H groups in total. The quantitative estimate of drug-likeness (QED) is 0.344. The van der Waals surface area contributed by atoms with Crippen LogP contribution in [0.1, 0.15) is 37.5 Å². The lowest BCUT2D eigenvalue weighted by Gasteiger charge is -2.17. The third-order valence-corrected chi connectivity index (χ3v) is 4.76. The molecule has 150 valence electrons. The van der Waals surface area contributed by atoms with Gasteiger partial charge in [-0.1, -0.05) is 0 Å². The highest BCUT2D eigenvalue weighted by Gasteiger charge is 2.30. The first-order chi connectivity index (χ1) is 11.8. The predicted molar refractivity (Wildman–Crippen MR) is 92.3 cm³/mol. The van der Waals surface area contributed by atoms with Crippen molar-refractivity contribution in [2.45, 2.75) is 44.9 Å². The van der Waals surface area contributed by atoms with Gasteiger partial charge in [-0.25, -0.2) is 9.36 Å². The van der Waals surface area contributed by atoms with Crippen LogP contribution in [0.15, 0.2) is 15.8 Å². The molecule has 1 aromatic heterocycles. The van der Waals surface area contributed by atoms with Gasteiger partial charge >= 0.3 is 13.5 Å². The molecule has 12 heteroatoms. The fraction of sp³-hybridized carbons (Fsp3) is 0.714. The number of aromatic amines is 1. The monoisotopic (exact) mass is 395 g/mol. The summed E-state index contributed by atoms with van der Waals surface area (Å²) in [6.45, 7) is 1.43. The normalized spacial score (nSPS) is 22.0. The Kier molecular flexibility index (Phi) is 8.84. The average Bonchev–Trinajstić information content (AvgIpc) is 3.02. The van der Waals surface area contributed by atoms with Gasteiger partial charge in [0.1, 0.15) is 6.23 Å². The van der Waals surface area contributed by atoms with E-state index in [-0.39, 0.29) is 26.0 Å². The number of ether oxygens (including phenoxy) is 1. The highest BCUT2D eigenvalue weighted by Crippen LogP contribution is 2.44. The maximum atomic E-state index is 11.8. The molecule has 1 saturated heterocycles. The molecule has 3 atom stereocenters. The topological polar surface area (TPSA) is 175 Å². The molecule has 26 heavy (non-hydrogen) atoms. The smallest absolute Gasteiger partial charge is 0.396 e. The summed E-state index contributed by atoms with van der Waals surface area (Å²) in [5.41, 5.74) is -0.625. The van der Waals surface area contributed by atoms with Crippen LogP contribution in [0.3, 0.4) is 0 Å². The molecule has 0 aliphatic carbocycles. The predicted octanol–water partition coefficient (Wildman–Crippen LogP) is 0.591. The van der Waals surface area contributed by atoms with E-state index in [0.717, 1.165) is 0 Å². The SMILES string of the molecule is Cc1cn([C@H]2CC[C@H](COP(=O)(O)OCCCCO)O2)c(=O)[nH]c1=O.N. The van der Waals surface area contributed by atoms with Crippen molar-refractivity contribution in [1.82, 2.24) is 15.7 Å². The van der Waals surface area contributed by atoms with Gasteiger partial charge in [0.2, 0.25) is 0 Å². The van der Waals surface area contributed by atoms with Crippen LogP contribution in [0, 0.1) is 6.92 Å². The second-order valence-electron chi connectivity index (χ2n) is 5.80. The minimum Gasteiger partial charge on any atom is -0.396 e. The molecule has 0 radical (unpaired) electrons. The fourth-order valence-electron chi connectivity index (χ4n) is 2.42. The molecule has 2 heterocycles. The van der Waals surface area contributed by atoms with E-state index < -0.39 is 31.4 Å². The van der Waals surface area contributed by atoms with Crippen molar-refractivity contribution in [1.29, 1.82) is 0 Å². The van der Waals surface area contributed by atoms with Crippen LogP contribution < -0.4 is 17.4 Å². The lowest BCUT2D eigenvalue weighted by atomic mass is 10.2. The van der Waals surface area contributed by atoms with Crippen LogP contribution in [-0.2, 0) is 18.3 Å². The van der Waals surface area contributed by atoms with E-state index in [0.29, 0.717) is 31.2 Å².